The Morgan fingerprint density at radius 1 is 1.16 bits per heavy atom. The fraction of sp³-hybridized carbons (Fsp3) is 0.500. The monoisotopic (exact) mass is 350 g/mol. The molecule has 0 spiro atoms. The Morgan fingerprint density at radius 2 is 1.76 bits per heavy atom. The van der Waals surface area contributed by atoms with Crippen LogP contribution in [0, 0.1) is 0 Å². The maximum Gasteiger partial charge on any atom is 0.326 e. The number of rotatable bonds is 9. The van der Waals surface area contributed by atoms with Crippen LogP contribution < -0.4 is 5.32 Å². The van der Waals surface area contributed by atoms with E-state index in [0.29, 0.717) is 12.2 Å². The van der Waals surface area contributed by atoms with Crippen LogP contribution in [0.5, 0.6) is 0 Å². The molecule has 0 heterocycles. The third-order valence-electron chi connectivity index (χ3n) is 3.60. The second kappa shape index (κ2) is 9.78. The number of benzene rings is 1. The molecule has 1 unspecified atom stereocenters. The van der Waals surface area contributed by atoms with Crippen LogP contribution in [0.1, 0.15) is 43.6 Å². The number of hydrogen-bond acceptors (Lipinski definition) is 4. The van der Waals surface area contributed by atoms with Crippen LogP contribution in [0.25, 0.3) is 0 Å². The Kier molecular flexibility index (Phi) is 8.07. The topological polar surface area (TPSA) is 95.9 Å². The molecule has 2 amide bonds. The Bertz CT molecular complexity index is 598. The fourth-order valence-electron chi connectivity index (χ4n) is 2.13. The van der Waals surface area contributed by atoms with Gasteiger partial charge in [-0.1, -0.05) is 12.1 Å². The predicted octanol–water partition coefficient (Wildman–Crippen LogP) is 1.66. The molecule has 1 aromatic rings. The van der Waals surface area contributed by atoms with E-state index in [-0.39, 0.29) is 25.1 Å². The summed E-state index contributed by atoms with van der Waals surface area (Å²) in [4.78, 5) is 36.1. The zero-order chi connectivity index (χ0) is 19.0. The lowest BCUT2D eigenvalue weighted by molar-refractivity contribution is -0.141. The van der Waals surface area contributed by atoms with Crippen molar-refractivity contribution >= 4 is 17.8 Å². The molecule has 0 aromatic heterocycles. The van der Waals surface area contributed by atoms with Gasteiger partial charge in [0.05, 0.1) is 12.7 Å². The van der Waals surface area contributed by atoms with Crippen LogP contribution in [0.2, 0.25) is 0 Å². The molecule has 0 aliphatic heterocycles. The average molecular weight is 350 g/mol. The number of carbonyl (C=O) groups excluding carboxylic acids is 2. The number of aliphatic carboxylic acids is 1. The molecule has 0 fully saturated rings. The first-order valence-electron chi connectivity index (χ1n) is 8.21. The van der Waals surface area contributed by atoms with Gasteiger partial charge < -0.3 is 20.1 Å². The molecule has 0 saturated carbocycles. The van der Waals surface area contributed by atoms with Crippen molar-refractivity contribution in [2.24, 2.45) is 0 Å². The zero-order valence-corrected chi connectivity index (χ0v) is 15.1. The number of nitrogens with zero attached hydrogens (tertiary/aromatic N) is 1. The van der Waals surface area contributed by atoms with Crippen molar-refractivity contribution in [1.82, 2.24) is 10.2 Å². The molecule has 0 aliphatic rings. The van der Waals surface area contributed by atoms with Gasteiger partial charge in [-0.3, -0.25) is 9.59 Å². The lowest BCUT2D eigenvalue weighted by Gasteiger charge is -2.26. The normalized spacial score (nSPS) is 11.9. The van der Waals surface area contributed by atoms with Gasteiger partial charge in [0.2, 0.25) is 5.91 Å². The van der Waals surface area contributed by atoms with E-state index in [1.54, 1.807) is 24.3 Å². The lowest BCUT2D eigenvalue weighted by Crippen LogP contribution is -2.46. The molecular weight excluding hydrogens is 324 g/mol. The maximum absolute atomic E-state index is 12.7. The molecule has 0 radical (unpaired) electrons. The van der Waals surface area contributed by atoms with Crippen LogP contribution in [0.3, 0.4) is 0 Å². The van der Waals surface area contributed by atoms with Crippen molar-refractivity contribution in [2.75, 3.05) is 13.1 Å². The molecule has 1 aromatic carbocycles. The second-order valence-corrected chi connectivity index (χ2v) is 6.05. The number of amides is 2. The summed E-state index contributed by atoms with van der Waals surface area (Å²) in [6.07, 6.45) is 0.113. The van der Waals surface area contributed by atoms with Crippen molar-refractivity contribution in [3.8, 4) is 0 Å². The van der Waals surface area contributed by atoms with E-state index in [2.05, 4.69) is 5.32 Å². The first-order chi connectivity index (χ1) is 11.7. The largest absolute Gasteiger partial charge is 0.480 e. The zero-order valence-electron chi connectivity index (χ0n) is 15.1. The van der Waals surface area contributed by atoms with Crippen molar-refractivity contribution in [3.63, 3.8) is 0 Å². The van der Waals surface area contributed by atoms with E-state index >= 15 is 0 Å². The molecule has 7 heteroatoms. The predicted molar refractivity (Wildman–Crippen MR) is 93.2 cm³/mol. The van der Waals surface area contributed by atoms with Gasteiger partial charge in [0.25, 0.3) is 5.91 Å². The number of hydrogen-bond donors (Lipinski definition) is 2. The third-order valence-corrected chi connectivity index (χ3v) is 3.60. The average Bonchev–Trinajstić information content (AvgIpc) is 2.56. The molecule has 0 aliphatic carbocycles. The molecule has 7 nitrogen and oxygen atoms in total. The van der Waals surface area contributed by atoms with Gasteiger partial charge in [-0.25, -0.2) is 4.79 Å². The standard InChI is InChI=1S/C18H26N2O5/c1-12(2)25-11-15-5-7-16(8-6-15)17(22)20(13(3)18(23)24)10-9-19-14(4)21/h5-8,12-13H,9-11H2,1-4H3,(H,19,21)(H,23,24). The minimum atomic E-state index is -1.10. The Morgan fingerprint density at radius 3 is 2.24 bits per heavy atom. The number of nitrogens with one attached hydrogen (secondary N) is 1. The molecule has 138 valence electrons. The van der Waals surface area contributed by atoms with Crippen molar-refractivity contribution in [3.05, 3.63) is 35.4 Å². The highest BCUT2D eigenvalue weighted by atomic mass is 16.5. The fourth-order valence-corrected chi connectivity index (χ4v) is 2.13. The van der Waals surface area contributed by atoms with E-state index in [0.717, 1.165) is 5.56 Å². The van der Waals surface area contributed by atoms with Crippen LogP contribution in [-0.4, -0.2) is 53.0 Å². The highest BCUT2D eigenvalue weighted by Gasteiger charge is 2.26. The van der Waals surface area contributed by atoms with Crippen LogP contribution in [0.4, 0.5) is 0 Å². The van der Waals surface area contributed by atoms with Crippen LogP contribution >= 0.6 is 0 Å². The summed E-state index contributed by atoms with van der Waals surface area (Å²) in [5, 5.41) is 11.8. The molecule has 1 rings (SSSR count). The number of carbonyl (C=O) groups is 3. The van der Waals surface area contributed by atoms with Crippen molar-refractivity contribution in [2.45, 2.75) is 46.4 Å². The summed E-state index contributed by atoms with van der Waals surface area (Å²) in [6, 6.07) is 5.88. The molecular formula is C18H26N2O5. The number of carboxylic acid groups (broad SMARTS) is 1. The summed E-state index contributed by atoms with van der Waals surface area (Å²) in [5.41, 5.74) is 1.32. The minimum absolute atomic E-state index is 0.113. The summed E-state index contributed by atoms with van der Waals surface area (Å²) < 4.78 is 5.51. The van der Waals surface area contributed by atoms with Crippen LogP contribution in [-0.2, 0) is 20.9 Å². The minimum Gasteiger partial charge on any atom is -0.480 e. The van der Waals surface area contributed by atoms with Crippen molar-refractivity contribution in [1.29, 1.82) is 0 Å². The van der Waals surface area contributed by atoms with Crippen LogP contribution in [0.15, 0.2) is 24.3 Å². The smallest absolute Gasteiger partial charge is 0.326 e. The van der Waals surface area contributed by atoms with Gasteiger partial charge in [-0.2, -0.15) is 0 Å². The van der Waals surface area contributed by atoms with Crippen molar-refractivity contribution < 1.29 is 24.2 Å². The van der Waals surface area contributed by atoms with E-state index in [9.17, 15) is 19.5 Å². The van der Waals surface area contributed by atoms with Gasteiger partial charge in [-0.05, 0) is 38.5 Å². The summed E-state index contributed by atoms with van der Waals surface area (Å²) in [7, 11) is 0. The highest BCUT2D eigenvalue weighted by Crippen LogP contribution is 2.12. The Hall–Kier alpha value is -2.41. The Balaban J connectivity index is 2.84. The van der Waals surface area contributed by atoms with E-state index < -0.39 is 17.9 Å². The van der Waals surface area contributed by atoms with Gasteiger partial charge in [0.1, 0.15) is 6.04 Å². The van der Waals surface area contributed by atoms with E-state index in [4.69, 9.17) is 4.74 Å². The second-order valence-electron chi connectivity index (χ2n) is 6.05. The van der Waals surface area contributed by atoms with E-state index in [1.165, 1.54) is 18.7 Å². The summed E-state index contributed by atoms with van der Waals surface area (Å²) in [6.45, 7) is 7.45. The quantitative estimate of drug-likeness (QED) is 0.706. The molecule has 2 N–H and O–H groups in total. The summed E-state index contributed by atoms with van der Waals surface area (Å²) >= 11 is 0. The molecule has 25 heavy (non-hydrogen) atoms. The first-order valence-corrected chi connectivity index (χ1v) is 8.21. The number of carboxylic acids is 1. The lowest BCUT2D eigenvalue weighted by atomic mass is 10.1. The molecule has 0 bridgehead atoms. The third kappa shape index (κ3) is 6.93. The highest BCUT2D eigenvalue weighted by molar-refractivity contribution is 5.96. The number of ether oxygens (including phenoxy) is 1. The SMILES string of the molecule is CC(=O)NCCN(C(=O)c1ccc(COC(C)C)cc1)C(C)C(=O)O. The van der Waals surface area contributed by atoms with Gasteiger partial charge in [0.15, 0.2) is 0 Å². The van der Waals surface area contributed by atoms with Gasteiger partial charge >= 0.3 is 5.97 Å². The molecule has 0 saturated heterocycles. The van der Waals surface area contributed by atoms with E-state index in [1.807, 2.05) is 13.8 Å². The van der Waals surface area contributed by atoms with Gasteiger partial charge in [-0.15, -0.1) is 0 Å². The van der Waals surface area contributed by atoms with Gasteiger partial charge in [0, 0.05) is 25.6 Å². The maximum atomic E-state index is 12.7. The first kappa shape index (κ1) is 20.6. The molecule has 1 atom stereocenters. The summed E-state index contributed by atoms with van der Waals surface area (Å²) in [5.74, 6) is -1.72. The Labute approximate surface area is 148 Å².